The lowest BCUT2D eigenvalue weighted by Crippen LogP contribution is -2.45. The van der Waals surface area contributed by atoms with Crippen LogP contribution in [0.2, 0.25) is 0 Å². The first-order valence-corrected chi connectivity index (χ1v) is 6.06. The van der Waals surface area contributed by atoms with Gasteiger partial charge in [0, 0.05) is 18.9 Å². The zero-order valence-electron chi connectivity index (χ0n) is 10.1. The van der Waals surface area contributed by atoms with Crippen molar-refractivity contribution in [1.82, 2.24) is 4.90 Å². The topological polar surface area (TPSA) is 45.5 Å². The molecule has 0 aromatic heterocycles. The quantitative estimate of drug-likeness (QED) is 0.713. The summed E-state index contributed by atoms with van der Waals surface area (Å²) in [5.74, 6) is -0.285. The standard InChI is InChI=1S/C12H20N2O2/c1-10(9-13)14(2)11-3-5-12(6-4-11)15-7-8-16-12/h10-11H,3-8H2,1-2H3. The van der Waals surface area contributed by atoms with Crippen molar-refractivity contribution in [3.05, 3.63) is 0 Å². The third-order valence-corrected chi connectivity index (χ3v) is 3.90. The van der Waals surface area contributed by atoms with Crippen molar-refractivity contribution in [2.75, 3.05) is 20.3 Å². The van der Waals surface area contributed by atoms with E-state index in [9.17, 15) is 0 Å². The maximum atomic E-state index is 8.90. The van der Waals surface area contributed by atoms with Crippen LogP contribution in [0.25, 0.3) is 0 Å². The molecule has 2 aliphatic rings. The van der Waals surface area contributed by atoms with Crippen molar-refractivity contribution in [3.8, 4) is 6.07 Å². The molecule has 1 aliphatic carbocycles. The third kappa shape index (κ3) is 2.22. The average molecular weight is 224 g/mol. The smallest absolute Gasteiger partial charge is 0.168 e. The third-order valence-electron chi connectivity index (χ3n) is 3.90. The summed E-state index contributed by atoms with van der Waals surface area (Å²) in [4.78, 5) is 2.17. The Labute approximate surface area is 97.1 Å². The van der Waals surface area contributed by atoms with Crippen LogP contribution in [0, 0.1) is 11.3 Å². The highest BCUT2D eigenvalue weighted by molar-refractivity contribution is 4.93. The lowest BCUT2D eigenvalue weighted by atomic mass is 9.89. The van der Waals surface area contributed by atoms with Crippen molar-refractivity contribution < 1.29 is 9.47 Å². The molecule has 0 amide bonds. The van der Waals surface area contributed by atoms with Crippen LogP contribution in [0.15, 0.2) is 0 Å². The summed E-state index contributed by atoms with van der Waals surface area (Å²) in [5, 5.41) is 8.90. The molecule has 1 saturated heterocycles. The molecule has 0 bridgehead atoms. The van der Waals surface area contributed by atoms with Crippen LogP contribution >= 0.6 is 0 Å². The zero-order valence-corrected chi connectivity index (χ0v) is 10.1. The van der Waals surface area contributed by atoms with Crippen molar-refractivity contribution in [2.45, 2.75) is 50.5 Å². The molecule has 1 spiro atoms. The molecule has 2 rings (SSSR count). The van der Waals surface area contributed by atoms with Gasteiger partial charge < -0.3 is 9.47 Å². The Kier molecular flexibility index (Phi) is 3.48. The minimum atomic E-state index is -0.285. The minimum Gasteiger partial charge on any atom is -0.348 e. The molecule has 1 heterocycles. The van der Waals surface area contributed by atoms with Gasteiger partial charge >= 0.3 is 0 Å². The molecule has 2 fully saturated rings. The Hall–Kier alpha value is -0.630. The van der Waals surface area contributed by atoms with Crippen molar-refractivity contribution >= 4 is 0 Å². The van der Waals surface area contributed by atoms with Gasteiger partial charge in [-0.05, 0) is 26.8 Å². The number of ether oxygens (including phenoxy) is 2. The second-order valence-corrected chi connectivity index (χ2v) is 4.81. The van der Waals surface area contributed by atoms with Gasteiger partial charge in [-0.15, -0.1) is 0 Å². The predicted molar refractivity (Wildman–Crippen MR) is 59.7 cm³/mol. The zero-order chi connectivity index (χ0) is 11.6. The lowest BCUT2D eigenvalue weighted by Gasteiger charge is -2.39. The van der Waals surface area contributed by atoms with Crippen LogP contribution in [0.1, 0.15) is 32.6 Å². The van der Waals surface area contributed by atoms with Gasteiger partial charge in [-0.3, -0.25) is 4.90 Å². The van der Waals surface area contributed by atoms with E-state index < -0.39 is 0 Å². The Bertz CT molecular complexity index is 271. The van der Waals surface area contributed by atoms with E-state index in [-0.39, 0.29) is 11.8 Å². The maximum absolute atomic E-state index is 8.90. The first-order chi connectivity index (χ1) is 7.67. The number of nitrogens with zero attached hydrogens (tertiary/aromatic N) is 2. The first-order valence-electron chi connectivity index (χ1n) is 6.06. The number of rotatable bonds is 2. The molecule has 1 aliphatic heterocycles. The van der Waals surface area contributed by atoms with E-state index in [1.807, 2.05) is 14.0 Å². The molecule has 1 atom stereocenters. The number of hydrogen-bond acceptors (Lipinski definition) is 4. The molecule has 1 unspecified atom stereocenters. The summed E-state index contributed by atoms with van der Waals surface area (Å²) < 4.78 is 11.4. The summed E-state index contributed by atoms with van der Waals surface area (Å²) >= 11 is 0. The molecule has 0 N–H and O–H groups in total. The molecule has 4 heteroatoms. The van der Waals surface area contributed by atoms with Crippen LogP contribution < -0.4 is 0 Å². The summed E-state index contributed by atoms with van der Waals surface area (Å²) in [7, 11) is 2.03. The van der Waals surface area contributed by atoms with Gasteiger partial charge in [0.15, 0.2) is 5.79 Å². The molecule has 0 aromatic rings. The second-order valence-electron chi connectivity index (χ2n) is 4.81. The van der Waals surface area contributed by atoms with E-state index in [0.717, 1.165) is 38.9 Å². The Morgan fingerprint density at radius 3 is 2.38 bits per heavy atom. The van der Waals surface area contributed by atoms with Gasteiger partial charge in [0.25, 0.3) is 0 Å². The molecule has 90 valence electrons. The van der Waals surface area contributed by atoms with Crippen LogP contribution in [-0.2, 0) is 9.47 Å². The molecule has 0 radical (unpaired) electrons. The van der Waals surface area contributed by atoms with E-state index >= 15 is 0 Å². The molecule has 16 heavy (non-hydrogen) atoms. The fourth-order valence-electron chi connectivity index (χ4n) is 2.64. The fourth-order valence-corrected chi connectivity index (χ4v) is 2.64. The highest BCUT2D eigenvalue weighted by atomic mass is 16.7. The first kappa shape index (κ1) is 11.8. The normalized spacial score (nSPS) is 27.1. The molecular formula is C12H20N2O2. The van der Waals surface area contributed by atoms with Gasteiger partial charge in [0.05, 0.1) is 25.3 Å². The molecular weight excluding hydrogens is 204 g/mol. The predicted octanol–water partition coefficient (Wildman–Crippen LogP) is 1.52. The van der Waals surface area contributed by atoms with Gasteiger partial charge in [-0.1, -0.05) is 0 Å². The summed E-state index contributed by atoms with van der Waals surface area (Å²) in [6.45, 7) is 3.41. The van der Waals surface area contributed by atoms with Crippen LogP contribution in [0.3, 0.4) is 0 Å². The van der Waals surface area contributed by atoms with Crippen molar-refractivity contribution in [1.29, 1.82) is 5.26 Å². The monoisotopic (exact) mass is 224 g/mol. The van der Waals surface area contributed by atoms with Crippen LogP contribution in [0.4, 0.5) is 0 Å². The van der Waals surface area contributed by atoms with Crippen LogP contribution in [-0.4, -0.2) is 43.0 Å². The summed E-state index contributed by atoms with van der Waals surface area (Å²) in [5.41, 5.74) is 0. The molecule has 0 aromatic carbocycles. The highest BCUT2D eigenvalue weighted by Gasteiger charge is 2.41. The minimum absolute atomic E-state index is 0.00975. The largest absolute Gasteiger partial charge is 0.348 e. The van der Waals surface area contributed by atoms with Gasteiger partial charge in [0.2, 0.25) is 0 Å². The average Bonchev–Trinajstić information content (AvgIpc) is 2.77. The Balaban J connectivity index is 1.87. The molecule has 1 saturated carbocycles. The van der Waals surface area contributed by atoms with Crippen LogP contribution in [0.5, 0.6) is 0 Å². The fraction of sp³-hybridized carbons (Fsp3) is 0.917. The SMILES string of the molecule is CC(C#N)N(C)C1CCC2(CC1)OCCO2. The highest BCUT2D eigenvalue weighted by Crippen LogP contribution is 2.37. The lowest BCUT2D eigenvalue weighted by molar-refractivity contribution is -0.183. The maximum Gasteiger partial charge on any atom is 0.168 e. The number of nitriles is 1. The van der Waals surface area contributed by atoms with Crippen molar-refractivity contribution in [2.24, 2.45) is 0 Å². The summed E-state index contributed by atoms with van der Waals surface area (Å²) in [6.07, 6.45) is 4.03. The van der Waals surface area contributed by atoms with Gasteiger partial charge in [0.1, 0.15) is 0 Å². The van der Waals surface area contributed by atoms with E-state index in [2.05, 4.69) is 11.0 Å². The molecule has 4 nitrogen and oxygen atoms in total. The Morgan fingerprint density at radius 2 is 1.88 bits per heavy atom. The van der Waals surface area contributed by atoms with E-state index in [1.165, 1.54) is 0 Å². The van der Waals surface area contributed by atoms with Crippen molar-refractivity contribution in [3.63, 3.8) is 0 Å². The van der Waals surface area contributed by atoms with E-state index in [1.54, 1.807) is 0 Å². The van der Waals surface area contributed by atoms with E-state index in [0.29, 0.717) is 6.04 Å². The van der Waals surface area contributed by atoms with E-state index in [4.69, 9.17) is 14.7 Å². The van der Waals surface area contributed by atoms with Gasteiger partial charge in [-0.25, -0.2) is 0 Å². The number of hydrogen-bond donors (Lipinski definition) is 0. The Morgan fingerprint density at radius 1 is 1.31 bits per heavy atom. The van der Waals surface area contributed by atoms with Gasteiger partial charge in [-0.2, -0.15) is 5.26 Å². The summed E-state index contributed by atoms with van der Waals surface area (Å²) in [6, 6.07) is 2.77. The second kappa shape index (κ2) is 4.70.